The van der Waals surface area contributed by atoms with E-state index in [1.807, 2.05) is 6.07 Å². The number of benzene rings is 1. The Hall–Kier alpha value is -2.26. The molecule has 0 heterocycles. The number of rotatable bonds is 5. The van der Waals surface area contributed by atoms with Crippen LogP contribution < -0.4 is 5.32 Å². The van der Waals surface area contributed by atoms with Crippen molar-refractivity contribution in [1.82, 2.24) is 4.90 Å². The molecule has 0 radical (unpaired) electrons. The van der Waals surface area contributed by atoms with Crippen LogP contribution in [-0.4, -0.2) is 34.6 Å². The van der Waals surface area contributed by atoms with Crippen molar-refractivity contribution in [3.63, 3.8) is 0 Å². The lowest BCUT2D eigenvalue weighted by atomic mass is 10.2. The summed E-state index contributed by atoms with van der Waals surface area (Å²) in [5, 5.41) is 20.4. The fourth-order valence-electron chi connectivity index (χ4n) is 1.97. The highest BCUT2D eigenvalue weighted by atomic mass is 35.5. The van der Waals surface area contributed by atoms with Gasteiger partial charge in [-0.2, -0.15) is 5.26 Å². The topological polar surface area (TPSA) is 93.4 Å². The van der Waals surface area contributed by atoms with Gasteiger partial charge in [0.2, 0.25) is 0 Å². The maximum atomic E-state index is 12.2. The van der Waals surface area contributed by atoms with E-state index in [0.717, 1.165) is 12.8 Å². The van der Waals surface area contributed by atoms with Crippen molar-refractivity contribution in [1.29, 1.82) is 5.26 Å². The summed E-state index contributed by atoms with van der Waals surface area (Å²) >= 11 is 5.78. The summed E-state index contributed by atoms with van der Waals surface area (Å²) in [6, 6.07) is 6.15. The predicted molar refractivity (Wildman–Crippen MR) is 77.4 cm³/mol. The van der Waals surface area contributed by atoms with Crippen LogP contribution in [0.25, 0.3) is 0 Å². The maximum absolute atomic E-state index is 12.2. The first-order chi connectivity index (χ1) is 10.0. The number of amides is 2. The monoisotopic (exact) mass is 307 g/mol. The molecule has 6 nitrogen and oxygen atoms in total. The molecular weight excluding hydrogens is 294 g/mol. The predicted octanol–water partition coefficient (Wildman–Crippen LogP) is 2.95. The fourth-order valence-corrected chi connectivity index (χ4v) is 2.17. The number of urea groups is 1. The smallest absolute Gasteiger partial charge is 0.337 e. The second-order valence-corrected chi connectivity index (χ2v) is 5.17. The van der Waals surface area contributed by atoms with Gasteiger partial charge < -0.3 is 15.3 Å². The molecule has 0 atom stereocenters. The third kappa shape index (κ3) is 3.86. The molecule has 1 saturated carbocycles. The molecule has 0 aliphatic heterocycles. The SMILES string of the molecule is N#CCCN(C(=O)Nc1ccc(Cl)c(C(=O)O)c1)C1CC1. The quantitative estimate of drug-likeness (QED) is 0.874. The van der Waals surface area contributed by atoms with Gasteiger partial charge in [0.05, 0.1) is 23.1 Å². The Kier molecular flexibility index (Phi) is 4.66. The number of carboxylic acid groups (broad SMARTS) is 1. The Morgan fingerprint density at radius 1 is 1.48 bits per heavy atom. The normalized spacial score (nSPS) is 13.3. The van der Waals surface area contributed by atoms with Crippen molar-refractivity contribution < 1.29 is 14.7 Å². The Morgan fingerprint density at radius 2 is 2.19 bits per heavy atom. The second kappa shape index (κ2) is 6.46. The molecule has 1 aromatic rings. The lowest BCUT2D eigenvalue weighted by molar-refractivity contribution is 0.0697. The maximum Gasteiger partial charge on any atom is 0.337 e. The van der Waals surface area contributed by atoms with E-state index in [9.17, 15) is 9.59 Å². The number of carbonyl (C=O) groups is 2. The highest BCUT2D eigenvalue weighted by Crippen LogP contribution is 2.28. The van der Waals surface area contributed by atoms with Gasteiger partial charge in [0, 0.05) is 18.3 Å². The summed E-state index contributed by atoms with van der Waals surface area (Å²) < 4.78 is 0. The van der Waals surface area contributed by atoms with Crippen LogP contribution in [0.1, 0.15) is 29.6 Å². The molecule has 21 heavy (non-hydrogen) atoms. The van der Waals surface area contributed by atoms with Crippen LogP contribution >= 0.6 is 11.6 Å². The molecular formula is C14H14ClN3O3. The van der Waals surface area contributed by atoms with E-state index < -0.39 is 5.97 Å². The number of anilines is 1. The molecule has 1 aliphatic carbocycles. The van der Waals surface area contributed by atoms with Crippen molar-refractivity contribution in [2.24, 2.45) is 0 Å². The van der Waals surface area contributed by atoms with Gasteiger partial charge in [0.25, 0.3) is 0 Å². The van der Waals surface area contributed by atoms with E-state index in [1.165, 1.54) is 12.1 Å². The van der Waals surface area contributed by atoms with E-state index in [2.05, 4.69) is 5.32 Å². The van der Waals surface area contributed by atoms with E-state index in [4.69, 9.17) is 22.0 Å². The molecule has 2 N–H and O–H groups in total. The Labute approximate surface area is 126 Å². The number of carbonyl (C=O) groups excluding carboxylic acids is 1. The molecule has 110 valence electrons. The molecule has 2 rings (SSSR count). The molecule has 7 heteroatoms. The van der Waals surface area contributed by atoms with E-state index in [1.54, 1.807) is 11.0 Å². The molecule has 0 spiro atoms. The van der Waals surface area contributed by atoms with Gasteiger partial charge in [-0.25, -0.2) is 9.59 Å². The number of hydrogen-bond donors (Lipinski definition) is 2. The highest BCUT2D eigenvalue weighted by Gasteiger charge is 2.32. The number of nitriles is 1. The standard InChI is InChI=1S/C14H14ClN3O3/c15-12-5-2-9(8-11(12)13(19)20)17-14(21)18(7-1-6-16)10-3-4-10/h2,5,8,10H,1,3-4,7H2,(H,17,21)(H,19,20). The third-order valence-electron chi connectivity index (χ3n) is 3.16. The largest absolute Gasteiger partial charge is 0.478 e. The van der Waals surface area contributed by atoms with Gasteiger partial charge in [0.15, 0.2) is 0 Å². The van der Waals surface area contributed by atoms with Crippen molar-refractivity contribution >= 4 is 29.3 Å². The van der Waals surface area contributed by atoms with Gasteiger partial charge >= 0.3 is 12.0 Å². The first-order valence-electron chi connectivity index (χ1n) is 6.50. The Bertz CT molecular complexity index is 608. The van der Waals surface area contributed by atoms with Gasteiger partial charge in [-0.05, 0) is 31.0 Å². The fraction of sp³-hybridized carbons (Fsp3) is 0.357. The summed E-state index contributed by atoms with van der Waals surface area (Å²) in [5.74, 6) is -1.15. The molecule has 0 aromatic heterocycles. The lowest BCUT2D eigenvalue weighted by Gasteiger charge is -2.21. The molecule has 2 amide bonds. The van der Waals surface area contributed by atoms with Crippen LogP contribution in [0.2, 0.25) is 5.02 Å². The van der Waals surface area contributed by atoms with E-state index in [-0.39, 0.29) is 29.1 Å². The van der Waals surface area contributed by atoms with Crippen molar-refractivity contribution in [3.8, 4) is 6.07 Å². The zero-order valence-electron chi connectivity index (χ0n) is 11.2. The number of hydrogen-bond acceptors (Lipinski definition) is 3. The lowest BCUT2D eigenvalue weighted by Crippen LogP contribution is -2.37. The summed E-state index contributed by atoms with van der Waals surface area (Å²) in [5.41, 5.74) is 0.300. The zero-order chi connectivity index (χ0) is 15.4. The van der Waals surface area contributed by atoms with Crippen LogP contribution in [0.5, 0.6) is 0 Å². The number of nitrogens with one attached hydrogen (secondary N) is 1. The highest BCUT2D eigenvalue weighted by molar-refractivity contribution is 6.33. The van der Waals surface area contributed by atoms with Gasteiger partial charge in [-0.1, -0.05) is 11.6 Å². The van der Waals surface area contributed by atoms with Crippen molar-refractivity contribution in [3.05, 3.63) is 28.8 Å². The minimum absolute atomic E-state index is 0.0653. The molecule has 0 unspecified atom stereocenters. The number of halogens is 1. The van der Waals surface area contributed by atoms with Gasteiger partial charge in [-0.15, -0.1) is 0 Å². The molecule has 0 saturated heterocycles. The molecule has 1 fully saturated rings. The van der Waals surface area contributed by atoms with Crippen LogP contribution in [0.4, 0.5) is 10.5 Å². The number of carboxylic acids is 1. The van der Waals surface area contributed by atoms with Crippen LogP contribution in [0.15, 0.2) is 18.2 Å². The van der Waals surface area contributed by atoms with Gasteiger partial charge in [0.1, 0.15) is 0 Å². The summed E-state index contributed by atoms with van der Waals surface area (Å²) in [4.78, 5) is 24.8. The average molecular weight is 308 g/mol. The zero-order valence-corrected chi connectivity index (χ0v) is 11.9. The van der Waals surface area contributed by atoms with Crippen molar-refractivity contribution in [2.75, 3.05) is 11.9 Å². The van der Waals surface area contributed by atoms with E-state index >= 15 is 0 Å². The first kappa shape index (κ1) is 15.1. The number of aromatic carboxylic acids is 1. The van der Waals surface area contributed by atoms with Gasteiger partial charge in [-0.3, -0.25) is 0 Å². The first-order valence-corrected chi connectivity index (χ1v) is 6.88. The Balaban J connectivity index is 2.09. The summed E-state index contributed by atoms with van der Waals surface area (Å²) in [6.45, 7) is 0.367. The minimum atomic E-state index is -1.15. The molecule has 1 aliphatic rings. The summed E-state index contributed by atoms with van der Waals surface area (Å²) in [6.07, 6.45) is 2.13. The summed E-state index contributed by atoms with van der Waals surface area (Å²) in [7, 11) is 0. The van der Waals surface area contributed by atoms with Crippen LogP contribution in [0, 0.1) is 11.3 Å². The minimum Gasteiger partial charge on any atom is -0.478 e. The van der Waals surface area contributed by atoms with Crippen LogP contribution in [-0.2, 0) is 0 Å². The van der Waals surface area contributed by atoms with Crippen LogP contribution in [0.3, 0.4) is 0 Å². The van der Waals surface area contributed by atoms with Crippen molar-refractivity contribution in [2.45, 2.75) is 25.3 Å². The number of nitrogens with zero attached hydrogens (tertiary/aromatic N) is 2. The molecule has 0 bridgehead atoms. The Morgan fingerprint density at radius 3 is 2.76 bits per heavy atom. The third-order valence-corrected chi connectivity index (χ3v) is 3.49. The second-order valence-electron chi connectivity index (χ2n) is 4.76. The molecule has 1 aromatic carbocycles. The van der Waals surface area contributed by atoms with E-state index in [0.29, 0.717) is 12.2 Å². The average Bonchev–Trinajstić information content (AvgIpc) is 3.25.